The molecule has 0 saturated carbocycles. The number of aliphatic carboxylic acids is 1. The topological polar surface area (TPSA) is 79.5 Å². The standard InChI is InChI=1S/C12H17NO4S/c1-4-7(2)10(12(15)16)13-11(14)8-5-6-9(17-8)18-3/h5-7,10H,4H2,1-3H3,(H,13,14)(H,15,16). The van der Waals surface area contributed by atoms with Crippen molar-refractivity contribution >= 4 is 23.6 Å². The SMILES string of the molecule is CCC(C)C(NC(=O)c1ccc(SC)o1)C(=O)O. The molecule has 0 radical (unpaired) electrons. The highest BCUT2D eigenvalue weighted by Gasteiger charge is 2.26. The van der Waals surface area contributed by atoms with Gasteiger partial charge in [-0.3, -0.25) is 4.79 Å². The van der Waals surface area contributed by atoms with E-state index in [1.54, 1.807) is 13.0 Å². The van der Waals surface area contributed by atoms with Crippen LogP contribution >= 0.6 is 11.8 Å². The molecule has 6 heteroatoms. The van der Waals surface area contributed by atoms with E-state index in [0.29, 0.717) is 11.5 Å². The third-order valence-corrected chi connectivity index (χ3v) is 3.39. The maximum absolute atomic E-state index is 11.8. The molecule has 0 saturated heterocycles. The Morgan fingerprint density at radius 2 is 2.17 bits per heavy atom. The zero-order valence-corrected chi connectivity index (χ0v) is 11.4. The summed E-state index contributed by atoms with van der Waals surface area (Å²) in [6.45, 7) is 3.67. The normalized spacial score (nSPS) is 13.9. The van der Waals surface area contributed by atoms with Crippen LogP contribution in [0.5, 0.6) is 0 Å². The van der Waals surface area contributed by atoms with Crippen molar-refractivity contribution in [3.63, 3.8) is 0 Å². The fourth-order valence-corrected chi connectivity index (χ4v) is 1.82. The van der Waals surface area contributed by atoms with Gasteiger partial charge in [0.15, 0.2) is 10.9 Å². The number of hydrogen-bond acceptors (Lipinski definition) is 4. The second-order valence-electron chi connectivity index (χ2n) is 4.00. The number of carboxylic acids is 1. The summed E-state index contributed by atoms with van der Waals surface area (Å²) >= 11 is 1.38. The van der Waals surface area contributed by atoms with Gasteiger partial charge in [0.2, 0.25) is 0 Å². The lowest BCUT2D eigenvalue weighted by Gasteiger charge is -2.19. The number of carboxylic acid groups (broad SMARTS) is 1. The Kier molecular flexibility index (Phi) is 5.27. The molecule has 0 aromatic carbocycles. The van der Waals surface area contributed by atoms with Crippen molar-refractivity contribution in [1.29, 1.82) is 0 Å². The number of hydrogen-bond donors (Lipinski definition) is 2. The van der Waals surface area contributed by atoms with E-state index in [-0.39, 0.29) is 11.7 Å². The van der Waals surface area contributed by atoms with Crippen LogP contribution in [0.25, 0.3) is 0 Å². The molecule has 5 nitrogen and oxygen atoms in total. The van der Waals surface area contributed by atoms with E-state index in [9.17, 15) is 9.59 Å². The molecular formula is C12H17NO4S. The Labute approximate surface area is 110 Å². The highest BCUT2D eigenvalue weighted by atomic mass is 32.2. The van der Waals surface area contributed by atoms with Gasteiger partial charge in [0.1, 0.15) is 6.04 Å². The van der Waals surface area contributed by atoms with Crippen molar-refractivity contribution in [2.75, 3.05) is 6.26 Å². The molecule has 2 unspecified atom stereocenters. The number of carbonyl (C=O) groups excluding carboxylic acids is 1. The van der Waals surface area contributed by atoms with Gasteiger partial charge in [-0.1, -0.05) is 32.0 Å². The highest BCUT2D eigenvalue weighted by molar-refractivity contribution is 7.98. The fourth-order valence-electron chi connectivity index (χ4n) is 1.45. The molecular weight excluding hydrogens is 254 g/mol. The van der Waals surface area contributed by atoms with Gasteiger partial charge in [-0.25, -0.2) is 4.79 Å². The van der Waals surface area contributed by atoms with Crippen LogP contribution < -0.4 is 5.32 Å². The van der Waals surface area contributed by atoms with Gasteiger partial charge in [0, 0.05) is 0 Å². The third kappa shape index (κ3) is 3.53. The summed E-state index contributed by atoms with van der Waals surface area (Å²) in [5.41, 5.74) is 0. The summed E-state index contributed by atoms with van der Waals surface area (Å²) in [7, 11) is 0. The summed E-state index contributed by atoms with van der Waals surface area (Å²) in [5.74, 6) is -1.53. The second kappa shape index (κ2) is 6.49. The predicted molar refractivity (Wildman–Crippen MR) is 68.8 cm³/mol. The molecule has 1 aromatic heterocycles. The minimum absolute atomic E-state index is 0.133. The monoisotopic (exact) mass is 271 g/mol. The van der Waals surface area contributed by atoms with E-state index in [0.717, 1.165) is 0 Å². The molecule has 1 aromatic rings. The van der Waals surface area contributed by atoms with Crippen molar-refractivity contribution in [2.24, 2.45) is 5.92 Å². The van der Waals surface area contributed by atoms with Crippen LogP contribution in [0.2, 0.25) is 0 Å². The first-order chi connectivity index (χ1) is 8.49. The van der Waals surface area contributed by atoms with Gasteiger partial charge in [0.25, 0.3) is 5.91 Å². The van der Waals surface area contributed by atoms with E-state index in [4.69, 9.17) is 9.52 Å². The molecule has 0 bridgehead atoms. The van der Waals surface area contributed by atoms with Gasteiger partial charge in [0.05, 0.1) is 0 Å². The van der Waals surface area contributed by atoms with Crippen LogP contribution in [-0.4, -0.2) is 29.3 Å². The minimum atomic E-state index is -1.03. The van der Waals surface area contributed by atoms with Crippen LogP contribution in [0, 0.1) is 5.92 Å². The van der Waals surface area contributed by atoms with Crippen LogP contribution in [0.1, 0.15) is 30.8 Å². The molecule has 1 amide bonds. The largest absolute Gasteiger partial charge is 0.480 e. The molecule has 1 rings (SSSR count). The quantitative estimate of drug-likeness (QED) is 0.776. The van der Waals surface area contributed by atoms with E-state index in [1.165, 1.54) is 17.8 Å². The summed E-state index contributed by atoms with van der Waals surface area (Å²) in [6.07, 6.45) is 2.51. The van der Waals surface area contributed by atoms with E-state index < -0.39 is 17.9 Å². The average Bonchev–Trinajstić information content (AvgIpc) is 2.83. The minimum Gasteiger partial charge on any atom is -0.480 e. The Bertz CT molecular complexity index is 429. The highest BCUT2D eigenvalue weighted by Crippen LogP contribution is 2.18. The molecule has 2 atom stereocenters. The second-order valence-corrected chi connectivity index (χ2v) is 4.81. The molecule has 18 heavy (non-hydrogen) atoms. The predicted octanol–water partition coefficient (Wildman–Crippen LogP) is 2.23. The van der Waals surface area contributed by atoms with E-state index in [1.807, 2.05) is 13.2 Å². The maximum Gasteiger partial charge on any atom is 0.326 e. The third-order valence-electron chi connectivity index (χ3n) is 2.77. The van der Waals surface area contributed by atoms with Crippen LogP contribution in [0.15, 0.2) is 21.6 Å². The lowest BCUT2D eigenvalue weighted by atomic mass is 9.99. The summed E-state index contributed by atoms with van der Waals surface area (Å²) in [5, 5.41) is 12.2. The first-order valence-electron chi connectivity index (χ1n) is 5.67. The molecule has 0 aliphatic heterocycles. The van der Waals surface area contributed by atoms with Gasteiger partial charge in [-0.05, 0) is 24.3 Å². The van der Waals surface area contributed by atoms with Crippen molar-refractivity contribution in [2.45, 2.75) is 31.4 Å². The number of thioether (sulfide) groups is 1. The maximum atomic E-state index is 11.8. The fraction of sp³-hybridized carbons (Fsp3) is 0.500. The number of furan rings is 1. The first kappa shape index (κ1) is 14.6. The van der Waals surface area contributed by atoms with E-state index in [2.05, 4.69) is 5.32 Å². The zero-order chi connectivity index (χ0) is 13.7. The molecule has 2 N–H and O–H groups in total. The van der Waals surface area contributed by atoms with Gasteiger partial charge >= 0.3 is 5.97 Å². The summed E-state index contributed by atoms with van der Waals surface area (Å²) in [6, 6.07) is 2.32. The summed E-state index contributed by atoms with van der Waals surface area (Å²) in [4.78, 5) is 22.9. The van der Waals surface area contributed by atoms with Crippen LogP contribution in [-0.2, 0) is 4.79 Å². The first-order valence-corrected chi connectivity index (χ1v) is 6.89. The number of rotatable bonds is 6. The van der Waals surface area contributed by atoms with Crippen molar-refractivity contribution < 1.29 is 19.1 Å². The molecule has 0 fully saturated rings. The Morgan fingerprint density at radius 3 is 2.61 bits per heavy atom. The van der Waals surface area contributed by atoms with Gasteiger partial charge in [-0.15, -0.1) is 0 Å². The molecule has 0 spiro atoms. The average molecular weight is 271 g/mol. The van der Waals surface area contributed by atoms with Crippen molar-refractivity contribution in [1.82, 2.24) is 5.32 Å². The number of nitrogens with one attached hydrogen (secondary N) is 1. The molecule has 0 aliphatic carbocycles. The van der Waals surface area contributed by atoms with Crippen molar-refractivity contribution in [3.05, 3.63) is 17.9 Å². The van der Waals surface area contributed by atoms with E-state index >= 15 is 0 Å². The lowest BCUT2D eigenvalue weighted by molar-refractivity contribution is -0.140. The molecule has 1 heterocycles. The van der Waals surface area contributed by atoms with Gasteiger partial charge < -0.3 is 14.8 Å². The smallest absolute Gasteiger partial charge is 0.326 e. The molecule has 100 valence electrons. The molecule has 0 aliphatic rings. The lowest BCUT2D eigenvalue weighted by Crippen LogP contribution is -2.44. The number of carbonyl (C=O) groups is 2. The van der Waals surface area contributed by atoms with Crippen LogP contribution in [0.3, 0.4) is 0 Å². The number of amides is 1. The zero-order valence-electron chi connectivity index (χ0n) is 10.6. The van der Waals surface area contributed by atoms with Crippen molar-refractivity contribution in [3.8, 4) is 0 Å². The Hall–Kier alpha value is -1.43. The van der Waals surface area contributed by atoms with Crippen LogP contribution in [0.4, 0.5) is 0 Å². The summed E-state index contributed by atoms with van der Waals surface area (Å²) < 4.78 is 5.25. The van der Waals surface area contributed by atoms with Gasteiger partial charge in [-0.2, -0.15) is 0 Å². The Balaban J connectivity index is 2.75. The Morgan fingerprint density at radius 1 is 1.50 bits per heavy atom.